The summed E-state index contributed by atoms with van der Waals surface area (Å²) in [6, 6.07) is 9.54. The molecule has 4 heteroatoms. The Labute approximate surface area is 92.8 Å². The van der Waals surface area contributed by atoms with Gasteiger partial charge in [-0.15, -0.1) is 0 Å². The fourth-order valence-corrected chi connectivity index (χ4v) is 1.97. The third kappa shape index (κ3) is 2.47. The first-order valence-electron chi connectivity index (χ1n) is 4.58. The highest BCUT2D eigenvalue weighted by Gasteiger charge is 2.04. The maximum Gasteiger partial charge on any atom is 0.125 e. The summed E-state index contributed by atoms with van der Waals surface area (Å²) in [5.74, 6) is 0. The van der Waals surface area contributed by atoms with Crippen molar-refractivity contribution in [2.45, 2.75) is 17.0 Å². The number of nitrogen functional groups attached to an aromatic ring is 1. The number of hydrogen-bond acceptors (Lipinski definition) is 4. The van der Waals surface area contributed by atoms with Crippen molar-refractivity contribution in [1.82, 2.24) is 9.97 Å². The Kier molecular flexibility index (Phi) is 2.87. The van der Waals surface area contributed by atoms with Crippen LogP contribution >= 0.6 is 11.8 Å². The number of aryl methyl sites for hydroxylation is 1. The lowest BCUT2D eigenvalue weighted by atomic mass is 10.3. The SMILES string of the molecule is Cc1ccc(N)c(Sc2ccccn2)n1. The topological polar surface area (TPSA) is 51.8 Å². The molecule has 3 nitrogen and oxygen atoms in total. The van der Waals surface area contributed by atoms with Gasteiger partial charge in [-0.05, 0) is 43.0 Å². The summed E-state index contributed by atoms with van der Waals surface area (Å²) in [5, 5.41) is 1.72. The third-order valence-corrected chi connectivity index (χ3v) is 2.84. The number of pyridine rings is 2. The predicted molar refractivity (Wildman–Crippen MR) is 61.7 cm³/mol. The Balaban J connectivity index is 2.28. The lowest BCUT2D eigenvalue weighted by molar-refractivity contribution is 1.06. The number of nitrogens with zero attached hydrogens (tertiary/aromatic N) is 2. The monoisotopic (exact) mass is 217 g/mol. The Morgan fingerprint density at radius 3 is 2.80 bits per heavy atom. The van der Waals surface area contributed by atoms with E-state index in [2.05, 4.69) is 9.97 Å². The van der Waals surface area contributed by atoms with Gasteiger partial charge in [-0.1, -0.05) is 6.07 Å². The first-order valence-corrected chi connectivity index (χ1v) is 5.39. The molecule has 15 heavy (non-hydrogen) atoms. The lowest BCUT2D eigenvalue weighted by Crippen LogP contribution is -1.93. The summed E-state index contributed by atoms with van der Waals surface area (Å²) < 4.78 is 0. The molecule has 2 N–H and O–H groups in total. The molecule has 2 heterocycles. The summed E-state index contributed by atoms with van der Waals surface area (Å²) in [6.45, 7) is 1.95. The van der Waals surface area contributed by atoms with Crippen molar-refractivity contribution in [2.24, 2.45) is 0 Å². The van der Waals surface area contributed by atoms with E-state index >= 15 is 0 Å². The first kappa shape index (κ1) is 9.98. The van der Waals surface area contributed by atoms with Gasteiger partial charge in [0.2, 0.25) is 0 Å². The molecular weight excluding hydrogens is 206 g/mol. The average molecular weight is 217 g/mol. The highest BCUT2D eigenvalue weighted by molar-refractivity contribution is 7.99. The van der Waals surface area contributed by atoms with E-state index in [0.29, 0.717) is 5.69 Å². The molecule has 0 unspecified atom stereocenters. The lowest BCUT2D eigenvalue weighted by Gasteiger charge is -2.04. The van der Waals surface area contributed by atoms with E-state index in [9.17, 15) is 0 Å². The molecule has 0 amide bonds. The fourth-order valence-electron chi connectivity index (χ4n) is 1.13. The van der Waals surface area contributed by atoms with Crippen LogP contribution < -0.4 is 5.73 Å². The Morgan fingerprint density at radius 1 is 1.20 bits per heavy atom. The zero-order valence-corrected chi connectivity index (χ0v) is 9.16. The summed E-state index contributed by atoms with van der Waals surface area (Å²) in [5.41, 5.74) is 7.48. The van der Waals surface area contributed by atoms with Crippen LogP contribution in [0, 0.1) is 6.92 Å². The zero-order chi connectivity index (χ0) is 10.7. The van der Waals surface area contributed by atoms with Gasteiger partial charge in [-0.2, -0.15) is 0 Å². The first-order chi connectivity index (χ1) is 7.25. The van der Waals surface area contributed by atoms with Crippen LogP contribution in [-0.2, 0) is 0 Å². The normalized spacial score (nSPS) is 10.2. The average Bonchev–Trinajstić information content (AvgIpc) is 2.25. The molecule has 0 spiro atoms. The van der Waals surface area contributed by atoms with Crippen molar-refractivity contribution in [3.05, 3.63) is 42.2 Å². The molecule has 0 bridgehead atoms. The number of aromatic nitrogens is 2. The minimum Gasteiger partial charge on any atom is -0.397 e. The molecule has 0 aliphatic carbocycles. The summed E-state index contributed by atoms with van der Waals surface area (Å²) in [4.78, 5) is 8.58. The second-order valence-corrected chi connectivity index (χ2v) is 4.13. The standard InChI is InChI=1S/C11H11N3S/c1-8-5-6-9(12)11(14-8)15-10-4-2-3-7-13-10/h2-7H,12H2,1H3. The molecule has 2 aromatic heterocycles. The van der Waals surface area contributed by atoms with Crippen LogP contribution in [0.5, 0.6) is 0 Å². The van der Waals surface area contributed by atoms with E-state index in [-0.39, 0.29) is 0 Å². The minimum absolute atomic E-state index is 0.691. The largest absolute Gasteiger partial charge is 0.397 e. The van der Waals surface area contributed by atoms with E-state index in [1.54, 1.807) is 6.20 Å². The van der Waals surface area contributed by atoms with E-state index < -0.39 is 0 Å². The van der Waals surface area contributed by atoms with Crippen molar-refractivity contribution < 1.29 is 0 Å². The maximum atomic E-state index is 5.83. The van der Waals surface area contributed by atoms with E-state index in [1.165, 1.54) is 11.8 Å². The molecule has 0 saturated carbocycles. The van der Waals surface area contributed by atoms with Gasteiger partial charge >= 0.3 is 0 Å². The molecule has 0 fully saturated rings. The van der Waals surface area contributed by atoms with Gasteiger partial charge in [-0.3, -0.25) is 0 Å². The van der Waals surface area contributed by atoms with Gasteiger partial charge < -0.3 is 5.73 Å². The highest BCUT2D eigenvalue weighted by Crippen LogP contribution is 2.28. The molecule has 0 aliphatic heterocycles. The molecule has 2 rings (SSSR count). The fraction of sp³-hybridized carbons (Fsp3) is 0.0909. The number of rotatable bonds is 2. The van der Waals surface area contributed by atoms with Crippen molar-refractivity contribution in [3.8, 4) is 0 Å². The third-order valence-electron chi connectivity index (χ3n) is 1.87. The maximum absolute atomic E-state index is 5.83. The number of nitrogens with two attached hydrogens (primary N) is 1. The summed E-state index contributed by atoms with van der Waals surface area (Å²) >= 11 is 1.48. The molecule has 0 aromatic carbocycles. The van der Waals surface area contributed by atoms with Crippen molar-refractivity contribution in [2.75, 3.05) is 5.73 Å². The van der Waals surface area contributed by atoms with Crippen molar-refractivity contribution in [3.63, 3.8) is 0 Å². The number of anilines is 1. The van der Waals surface area contributed by atoms with Crippen LogP contribution in [0.1, 0.15) is 5.69 Å². The molecule has 2 aromatic rings. The van der Waals surface area contributed by atoms with Gasteiger partial charge in [0.25, 0.3) is 0 Å². The van der Waals surface area contributed by atoms with Crippen molar-refractivity contribution >= 4 is 17.4 Å². The van der Waals surface area contributed by atoms with Gasteiger partial charge in [0.1, 0.15) is 10.1 Å². The molecule has 0 aliphatic rings. The Hall–Kier alpha value is -1.55. The van der Waals surface area contributed by atoms with E-state index in [0.717, 1.165) is 15.7 Å². The van der Waals surface area contributed by atoms with Gasteiger partial charge in [0.15, 0.2) is 0 Å². The quantitative estimate of drug-likeness (QED) is 0.839. The van der Waals surface area contributed by atoms with E-state index in [1.807, 2.05) is 37.3 Å². The summed E-state index contributed by atoms with van der Waals surface area (Å²) in [7, 11) is 0. The Bertz CT molecular complexity index is 457. The number of hydrogen-bond donors (Lipinski definition) is 1. The van der Waals surface area contributed by atoms with Gasteiger partial charge in [0, 0.05) is 11.9 Å². The highest BCUT2D eigenvalue weighted by atomic mass is 32.2. The molecule has 76 valence electrons. The second-order valence-electron chi connectivity index (χ2n) is 3.12. The van der Waals surface area contributed by atoms with Gasteiger partial charge in [-0.25, -0.2) is 9.97 Å². The van der Waals surface area contributed by atoms with E-state index in [4.69, 9.17) is 5.73 Å². The second kappa shape index (κ2) is 4.31. The van der Waals surface area contributed by atoms with Crippen LogP contribution in [0.4, 0.5) is 5.69 Å². The predicted octanol–water partition coefficient (Wildman–Crippen LogP) is 2.52. The zero-order valence-electron chi connectivity index (χ0n) is 8.34. The van der Waals surface area contributed by atoms with Crippen LogP contribution in [0.15, 0.2) is 46.6 Å². The van der Waals surface area contributed by atoms with Crippen LogP contribution in [0.3, 0.4) is 0 Å². The molecule has 0 saturated heterocycles. The molecule has 0 atom stereocenters. The summed E-state index contributed by atoms with van der Waals surface area (Å²) in [6.07, 6.45) is 1.76. The van der Waals surface area contributed by atoms with Crippen LogP contribution in [0.25, 0.3) is 0 Å². The molecular formula is C11H11N3S. The van der Waals surface area contributed by atoms with Crippen LogP contribution in [0.2, 0.25) is 0 Å². The van der Waals surface area contributed by atoms with Crippen LogP contribution in [-0.4, -0.2) is 9.97 Å². The van der Waals surface area contributed by atoms with Crippen molar-refractivity contribution in [1.29, 1.82) is 0 Å². The Morgan fingerprint density at radius 2 is 2.07 bits per heavy atom. The minimum atomic E-state index is 0.691. The van der Waals surface area contributed by atoms with Gasteiger partial charge in [0.05, 0.1) is 5.69 Å². The molecule has 0 radical (unpaired) electrons. The smallest absolute Gasteiger partial charge is 0.125 e.